The number of alkyl halides is 1. The summed E-state index contributed by atoms with van der Waals surface area (Å²) in [5.74, 6) is 0. The van der Waals surface area contributed by atoms with Crippen molar-refractivity contribution in [3.8, 4) is 0 Å². The fraction of sp³-hybridized carbons (Fsp3) is 0.143. The van der Waals surface area contributed by atoms with Gasteiger partial charge in [-0.3, -0.25) is 0 Å². The predicted molar refractivity (Wildman–Crippen MR) is 55.0 cm³/mol. The Hall–Kier alpha value is 1.52. The van der Waals surface area contributed by atoms with Crippen LogP contribution < -0.4 is 59.1 Å². The summed E-state index contributed by atoms with van der Waals surface area (Å²) in [4.78, 5) is -1.45. The second-order valence-corrected chi connectivity index (χ2v) is 6.10. The largest absolute Gasteiger partial charge is 1.00 e. The molecule has 90 valence electrons. The van der Waals surface area contributed by atoms with Crippen molar-refractivity contribution in [2.24, 2.45) is 0 Å². The second-order valence-electron chi connectivity index (χ2n) is 2.81. The number of benzene rings is 1. The quantitative estimate of drug-likeness (QED) is 0.296. The van der Waals surface area contributed by atoms with Crippen LogP contribution in [0.4, 0.5) is 0 Å². The maximum absolute atomic E-state index is 10.8. The molecule has 0 aliphatic rings. The molecule has 0 unspecified atom stereocenters. The number of halogens is 1. The summed E-state index contributed by atoms with van der Waals surface area (Å²) in [5.41, 5.74) is 0.0994. The smallest absolute Gasteiger partial charge is 0.744 e. The summed E-state index contributed by atoms with van der Waals surface area (Å²) in [6.45, 7) is 0. The van der Waals surface area contributed by atoms with Crippen molar-refractivity contribution >= 4 is 36.2 Å². The molecule has 0 aliphatic heterocycles. The van der Waals surface area contributed by atoms with Crippen LogP contribution >= 0.6 is 15.9 Å². The van der Waals surface area contributed by atoms with Gasteiger partial charge in [0.25, 0.3) is 0 Å². The molecule has 0 aromatic heterocycles. The molecule has 11 heteroatoms. The third-order valence-corrected chi connectivity index (χ3v) is 4.09. The third-order valence-electron chi connectivity index (χ3n) is 1.74. The number of rotatable bonds is 3. The fourth-order valence-electron chi connectivity index (χ4n) is 1.03. The molecule has 0 bridgehead atoms. The second kappa shape index (κ2) is 8.08. The van der Waals surface area contributed by atoms with Gasteiger partial charge in [0.2, 0.25) is 0 Å². The predicted octanol–water partition coefficient (Wildman–Crippen LogP) is -5.60. The van der Waals surface area contributed by atoms with Crippen molar-refractivity contribution < 1.29 is 85.1 Å². The van der Waals surface area contributed by atoms with Gasteiger partial charge in [0.15, 0.2) is 0 Å². The van der Waals surface area contributed by atoms with Crippen LogP contribution in [0.2, 0.25) is 0 Å². The van der Waals surface area contributed by atoms with Crippen molar-refractivity contribution in [2.75, 3.05) is 0 Å². The van der Waals surface area contributed by atoms with Crippen LogP contribution in [0.5, 0.6) is 0 Å². The Morgan fingerprint density at radius 3 is 1.83 bits per heavy atom. The third kappa shape index (κ3) is 5.88. The van der Waals surface area contributed by atoms with E-state index < -0.39 is 30.0 Å². The molecular formula is C7H5BrNa2O6S2. The van der Waals surface area contributed by atoms with E-state index in [0.29, 0.717) is 6.07 Å². The van der Waals surface area contributed by atoms with Crippen molar-refractivity contribution in [1.82, 2.24) is 0 Å². The standard InChI is InChI=1S/C7H7BrO6S2.2Na/c8-4-5-1-2-6(15(9,10)11)3-7(5)16(12,13)14;;/h1-3H,4H2,(H,9,10,11)(H,12,13,14);;/q;2*+1/p-2. The van der Waals surface area contributed by atoms with Gasteiger partial charge in [-0.1, -0.05) is 22.0 Å². The van der Waals surface area contributed by atoms with Crippen molar-refractivity contribution in [3.05, 3.63) is 23.8 Å². The molecule has 0 fully saturated rings. The first-order valence-electron chi connectivity index (χ1n) is 3.77. The maximum Gasteiger partial charge on any atom is 1.00 e. The minimum Gasteiger partial charge on any atom is -0.744 e. The van der Waals surface area contributed by atoms with E-state index in [0.717, 1.165) is 12.1 Å². The Bertz CT molecular complexity index is 613. The van der Waals surface area contributed by atoms with E-state index in [2.05, 4.69) is 15.9 Å². The Kier molecular flexibility index (Phi) is 9.79. The van der Waals surface area contributed by atoms with Crippen LogP contribution in [0.15, 0.2) is 28.0 Å². The average molecular weight is 375 g/mol. The van der Waals surface area contributed by atoms with E-state index in [1.807, 2.05) is 0 Å². The van der Waals surface area contributed by atoms with E-state index in [9.17, 15) is 25.9 Å². The Morgan fingerprint density at radius 2 is 1.50 bits per heavy atom. The summed E-state index contributed by atoms with van der Waals surface area (Å²) in [6.07, 6.45) is 0. The minimum absolute atomic E-state index is 0. The normalized spacial score (nSPS) is 11.3. The SMILES string of the molecule is O=S(=O)([O-])c1ccc(CBr)c(S(=O)(=O)[O-])c1.[Na+].[Na+]. The van der Waals surface area contributed by atoms with Crippen LogP contribution in [0, 0.1) is 0 Å². The molecule has 0 heterocycles. The minimum atomic E-state index is -4.81. The van der Waals surface area contributed by atoms with Crippen molar-refractivity contribution in [2.45, 2.75) is 15.1 Å². The molecule has 0 radical (unpaired) electrons. The summed E-state index contributed by atoms with van der Waals surface area (Å²) in [7, 11) is -9.59. The van der Waals surface area contributed by atoms with Gasteiger partial charge in [0.1, 0.15) is 20.2 Å². The first-order valence-corrected chi connectivity index (χ1v) is 7.71. The van der Waals surface area contributed by atoms with E-state index in [-0.39, 0.29) is 70.0 Å². The fourth-order valence-corrected chi connectivity index (χ4v) is 3.01. The number of hydrogen-bond donors (Lipinski definition) is 0. The number of hydrogen-bond acceptors (Lipinski definition) is 6. The molecule has 1 rings (SSSR count). The van der Waals surface area contributed by atoms with Gasteiger partial charge in [0, 0.05) is 5.33 Å². The zero-order valence-corrected chi connectivity index (χ0v) is 16.8. The van der Waals surface area contributed by atoms with Crippen molar-refractivity contribution in [3.63, 3.8) is 0 Å². The molecule has 18 heavy (non-hydrogen) atoms. The average Bonchev–Trinajstić information content (AvgIpc) is 2.14. The van der Waals surface area contributed by atoms with Crippen LogP contribution in [0.1, 0.15) is 5.56 Å². The summed E-state index contributed by atoms with van der Waals surface area (Å²) >= 11 is 2.94. The summed E-state index contributed by atoms with van der Waals surface area (Å²) < 4.78 is 64.4. The molecule has 0 spiro atoms. The van der Waals surface area contributed by atoms with E-state index in [4.69, 9.17) is 0 Å². The van der Waals surface area contributed by atoms with Gasteiger partial charge in [-0.15, -0.1) is 0 Å². The van der Waals surface area contributed by atoms with Crippen molar-refractivity contribution in [1.29, 1.82) is 0 Å². The van der Waals surface area contributed by atoms with Crippen LogP contribution in [0.3, 0.4) is 0 Å². The van der Waals surface area contributed by atoms with Gasteiger partial charge in [0.05, 0.1) is 9.79 Å². The Balaban J connectivity index is 0. The molecule has 0 amide bonds. The maximum atomic E-state index is 10.8. The monoisotopic (exact) mass is 374 g/mol. The first kappa shape index (κ1) is 21.8. The van der Waals surface area contributed by atoms with E-state index in [1.165, 1.54) is 0 Å². The van der Waals surface area contributed by atoms with Crippen LogP contribution in [0.25, 0.3) is 0 Å². The molecule has 0 aliphatic carbocycles. The molecule has 0 saturated heterocycles. The van der Waals surface area contributed by atoms with Gasteiger partial charge in [-0.25, -0.2) is 16.8 Å². The van der Waals surface area contributed by atoms with E-state index >= 15 is 0 Å². The topological polar surface area (TPSA) is 114 Å². The molecule has 1 aromatic rings. The molecular weight excluding hydrogens is 370 g/mol. The van der Waals surface area contributed by atoms with Gasteiger partial charge >= 0.3 is 59.1 Å². The van der Waals surface area contributed by atoms with Crippen LogP contribution in [-0.2, 0) is 25.6 Å². The van der Waals surface area contributed by atoms with Gasteiger partial charge in [-0.05, 0) is 17.7 Å². The molecule has 0 saturated carbocycles. The zero-order chi connectivity index (χ0) is 12.6. The van der Waals surface area contributed by atoms with E-state index in [1.54, 1.807) is 0 Å². The first-order chi connectivity index (χ1) is 7.16. The molecule has 1 aromatic carbocycles. The van der Waals surface area contributed by atoms with Gasteiger partial charge < -0.3 is 9.11 Å². The molecule has 0 atom stereocenters. The summed E-state index contributed by atoms with van der Waals surface area (Å²) in [6, 6.07) is 2.62. The molecule has 0 N–H and O–H groups in total. The summed E-state index contributed by atoms with van der Waals surface area (Å²) in [5, 5.41) is 0.0585. The Morgan fingerprint density at radius 1 is 1.00 bits per heavy atom. The Labute approximate surface area is 158 Å². The zero-order valence-electron chi connectivity index (χ0n) is 9.58. The van der Waals surface area contributed by atoms with Crippen LogP contribution in [-0.4, -0.2) is 25.9 Å². The van der Waals surface area contributed by atoms with Gasteiger partial charge in [-0.2, -0.15) is 0 Å². The molecule has 6 nitrogen and oxygen atoms in total.